The second-order valence-corrected chi connectivity index (χ2v) is 8.21. The van der Waals surface area contributed by atoms with Gasteiger partial charge in [0.25, 0.3) is 0 Å². The normalized spacial score (nSPS) is 17.6. The van der Waals surface area contributed by atoms with Crippen molar-refractivity contribution >= 4 is 35.6 Å². The molecule has 1 fully saturated rings. The summed E-state index contributed by atoms with van der Waals surface area (Å²) in [6.45, 7) is 0.270. The number of hydrogen-bond donors (Lipinski definition) is 6. The van der Waals surface area contributed by atoms with Gasteiger partial charge in [-0.15, -0.1) is 0 Å². The van der Waals surface area contributed by atoms with Gasteiger partial charge in [-0.1, -0.05) is 30.3 Å². The number of amides is 4. The van der Waals surface area contributed by atoms with Crippen LogP contribution < -0.4 is 22.1 Å². The minimum absolute atomic E-state index is 0.261. The largest absolute Gasteiger partial charge is 0.481 e. The van der Waals surface area contributed by atoms with Crippen LogP contribution in [0.2, 0.25) is 0 Å². The highest BCUT2D eigenvalue weighted by Crippen LogP contribution is 2.19. The quantitative estimate of drug-likeness (QED) is 0.189. The zero-order chi connectivity index (χ0) is 26.1. The van der Waals surface area contributed by atoms with Crippen LogP contribution in [0.3, 0.4) is 0 Å². The molecule has 1 aliphatic heterocycles. The van der Waals surface area contributed by atoms with Gasteiger partial charge in [-0.3, -0.25) is 24.0 Å². The van der Waals surface area contributed by atoms with Gasteiger partial charge in [-0.2, -0.15) is 0 Å². The third-order valence-electron chi connectivity index (χ3n) is 5.49. The van der Waals surface area contributed by atoms with Crippen LogP contribution >= 0.6 is 0 Å². The van der Waals surface area contributed by atoms with Crippen LogP contribution in [-0.2, 0) is 35.2 Å². The number of carboxylic acids is 2. The van der Waals surface area contributed by atoms with Crippen molar-refractivity contribution in [2.75, 3.05) is 6.54 Å². The third kappa shape index (κ3) is 8.07. The number of primary amides is 1. The van der Waals surface area contributed by atoms with Crippen molar-refractivity contribution in [1.29, 1.82) is 0 Å². The van der Waals surface area contributed by atoms with Crippen LogP contribution in [0.5, 0.6) is 0 Å². The number of likely N-dealkylation sites (tertiary alicyclic amines) is 1. The summed E-state index contributed by atoms with van der Waals surface area (Å²) in [5, 5.41) is 22.3. The van der Waals surface area contributed by atoms with E-state index in [0.717, 1.165) is 5.56 Å². The van der Waals surface area contributed by atoms with Crippen LogP contribution in [-0.4, -0.2) is 81.4 Å². The Labute approximate surface area is 200 Å². The minimum atomic E-state index is -1.78. The van der Waals surface area contributed by atoms with Crippen LogP contribution in [0.15, 0.2) is 30.3 Å². The van der Waals surface area contributed by atoms with Gasteiger partial charge in [-0.25, -0.2) is 4.79 Å². The number of benzene rings is 1. The molecule has 4 amide bonds. The molecule has 1 aromatic carbocycles. The number of aliphatic carboxylic acids is 2. The zero-order valence-electron chi connectivity index (χ0n) is 18.9. The van der Waals surface area contributed by atoms with E-state index in [2.05, 4.69) is 5.32 Å². The van der Waals surface area contributed by atoms with E-state index in [9.17, 15) is 28.8 Å². The molecule has 1 heterocycles. The van der Waals surface area contributed by atoms with E-state index >= 15 is 0 Å². The second-order valence-electron chi connectivity index (χ2n) is 8.21. The Kier molecular flexibility index (Phi) is 9.70. The first-order valence-electron chi connectivity index (χ1n) is 10.9. The van der Waals surface area contributed by atoms with Gasteiger partial charge in [0.15, 0.2) is 0 Å². The van der Waals surface area contributed by atoms with E-state index in [1.165, 1.54) is 4.90 Å². The van der Waals surface area contributed by atoms with Crippen molar-refractivity contribution in [2.45, 2.75) is 56.3 Å². The minimum Gasteiger partial charge on any atom is -0.481 e. The molecular weight excluding hydrogens is 462 g/mol. The third-order valence-corrected chi connectivity index (χ3v) is 5.49. The highest BCUT2D eigenvalue weighted by molar-refractivity contribution is 5.96. The fourth-order valence-electron chi connectivity index (χ4n) is 3.80. The molecule has 0 aromatic heterocycles. The summed E-state index contributed by atoms with van der Waals surface area (Å²) in [4.78, 5) is 73.3. The fraction of sp³-hybridized carbons (Fsp3) is 0.455. The fourth-order valence-corrected chi connectivity index (χ4v) is 3.80. The Morgan fingerprint density at radius 1 is 1.00 bits per heavy atom. The highest BCUT2D eigenvalue weighted by Gasteiger charge is 2.38. The van der Waals surface area contributed by atoms with Gasteiger partial charge in [0.1, 0.15) is 18.1 Å². The maximum Gasteiger partial charge on any atom is 0.326 e. The first-order chi connectivity index (χ1) is 16.5. The molecule has 0 radical (unpaired) electrons. The van der Waals surface area contributed by atoms with Crippen LogP contribution in [0, 0.1) is 0 Å². The number of carboxylic acid groups (broad SMARTS) is 2. The average molecular weight is 492 g/mol. The van der Waals surface area contributed by atoms with E-state index in [1.807, 2.05) is 35.6 Å². The Hall–Kier alpha value is -4.00. The Morgan fingerprint density at radius 3 is 2.23 bits per heavy atom. The number of carbonyl (C=O) groups is 6. The first-order valence-corrected chi connectivity index (χ1v) is 10.9. The SMILES string of the molecule is NC(=O)CC(NC(=O)C1CCCN1C(=O)C(N)Cc1ccccc1)C(=O)NC(CC(=O)O)C(=O)O. The lowest BCUT2D eigenvalue weighted by Crippen LogP contribution is -2.57. The summed E-state index contributed by atoms with van der Waals surface area (Å²) in [6.07, 6.45) is -0.517. The van der Waals surface area contributed by atoms with Gasteiger partial charge < -0.3 is 37.2 Å². The summed E-state index contributed by atoms with van der Waals surface area (Å²) in [7, 11) is 0. The van der Waals surface area contributed by atoms with Crippen molar-refractivity contribution in [2.24, 2.45) is 11.5 Å². The van der Waals surface area contributed by atoms with E-state index < -0.39 is 72.6 Å². The number of rotatable bonds is 12. The van der Waals surface area contributed by atoms with Crippen molar-refractivity contribution in [3.05, 3.63) is 35.9 Å². The molecule has 35 heavy (non-hydrogen) atoms. The molecule has 13 nitrogen and oxygen atoms in total. The molecule has 0 saturated carbocycles. The molecule has 1 aromatic rings. The first kappa shape index (κ1) is 27.2. The number of hydrogen-bond acceptors (Lipinski definition) is 7. The Morgan fingerprint density at radius 2 is 1.66 bits per heavy atom. The highest BCUT2D eigenvalue weighted by atomic mass is 16.4. The van der Waals surface area contributed by atoms with Crippen LogP contribution in [0.25, 0.3) is 0 Å². The predicted molar refractivity (Wildman–Crippen MR) is 120 cm³/mol. The summed E-state index contributed by atoms with van der Waals surface area (Å²) < 4.78 is 0. The Bertz CT molecular complexity index is 970. The van der Waals surface area contributed by atoms with Crippen molar-refractivity contribution in [3.8, 4) is 0 Å². The maximum absolute atomic E-state index is 12.9. The number of nitrogens with one attached hydrogen (secondary N) is 2. The van der Waals surface area contributed by atoms with E-state index in [-0.39, 0.29) is 19.4 Å². The molecule has 0 spiro atoms. The van der Waals surface area contributed by atoms with Gasteiger partial charge >= 0.3 is 11.9 Å². The lowest BCUT2D eigenvalue weighted by atomic mass is 10.0. The summed E-state index contributed by atoms with van der Waals surface area (Å²) in [5.74, 6) is -6.32. The summed E-state index contributed by atoms with van der Waals surface area (Å²) >= 11 is 0. The predicted octanol–water partition coefficient (Wildman–Crippen LogP) is -2.05. The Balaban J connectivity index is 2.09. The monoisotopic (exact) mass is 491 g/mol. The van der Waals surface area contributed by atoms with Gasteiger partial charge in [0.2, 0.25) is 23.6 Å². The number of carbonyl (C=O) groups excluding carboxylic acids is 4. The smallest absolute Gasteiger partial charge is 0.326 e. The molecular formula is C22H29N5O8. The lowest BCUT2D eigenvalue weighted by Gasteiger charge is -2.28. The number of nitrogens with zero attached hydrogens (tertiary/aromatic N) is 1. The van der Waals surface area contributed by atoms with Crippen molar-refractivity contribution in [1.82, 2.24) is 15.5 Å². The van der Waals surface area contributed by atoms with E-state index in [4.69, 9.17) is 21.7 Å². The lowest BCUT2D eigenvalue weighted by molar-refractivity contribution is -0.147. The summed E-state index contributed by atoms with van der Waals surface area (Å²) in [5.41, 5.74) is 12.1. The van der Waals surface area contributed by atoms with Gasteiger partial charge in [-0.05, 0) is 24.8 Å². The topological polar surface area (TPSA) is 222 Å². The molecule has 0 aliphatic carbocycles. The van der Waals surface area contributed by atoms with Crippen molar-refractivity contribution in [3.63, 3.8) is 0 Å². The maximum atomic E-state index is 12.9. The molecule has 8 N–H and O–H groups in total. The van der Waals surface area contributed by atoms with Crippen LogP contribution in [0.1, 0.15) is 31.2 Å². The molecule has 1 saturated heterocycles. The molecule has 4 atom stereocenters. The molecule has 13 heteroatoms. The molecule has 0 bridgehead atoms. The average Bonchev–Trinajstić information content (AvgIpc) is 3.27. The summed E-state index contributed by atoms with van der Waals surface area (Å²) in [6, 6.07) is 3.90. The zero-order valence-corrected chi connectivity index (χ0v) is 18.9. The van der Waals surface area contributed by atoms with Gasteiger partial charge in [0, 0.05) is 6.54 Å². The van der Waals surface area contributed by atoms with Crippen molar-refractivity contribution < 1.29 is 39.0 Å². The molecule has 1 aliphatic rings. The van der Waals surface area contributed by atoms with Crippen LogP contribution in [0.4, 0.5) is 0 Å². The van der Waals surface area contributed by atoms with E-state index in [0.29, 0.717) is 6.42 Å². The standard InChI is InChI=1S/C22H29N5O8/c23-13(9-12-5-2-1-3-6-12)21(33)27-8-4-7-16(27)20(32)25-14(10-17(24)28)19(31)26-15(22(34)35)11-18(29)30/h1-3,5-6,13-16H,4,7-11,23H2,(H2,24,28)(H,25,32)(H,26,31)(H,29,30)(H,34,35). The molecule has 2 rings (SSSR count). The number of nitrogens with two attached hydrogens (primary N) is 2. The van der Waals surface area contributed by atoms with Gasteiger partial charge in [0.05, 0.1) is 18.9 Å². The second kappa shape index (κ2) is 12.5. The molecule has 4 unspecified atom stereocenters. The van der Waals surface area contributed by atoms with E-state index in [1.54, 1.807) is 0 Å². The molecule has 190 valence electrons.